The Morgan fingerprint density at radius 2 is 2.08 bits per heavy atom. The van der Waals surface area contributed by atoms with Gasteiger partial charge >= 0.3 is 0 Å². The highest BCUT2D eigenvalue weighted by molar-refractivity contribution is 5.25. The number of rotatable bonds is 6. The molecule has 26 heavy (non-hydrogen) atoms. The number of hydrogen-bond acceptors (Lipinski definition) is 5. The van der Waals surface area contributed by atoms with Gasteiger partial charge in [0.25, 0.3) is 0 Å². The molecule has 1 aromatic carbocycles. The maximum absolute atomic E-state index is 13.8. The van der Waals surface area contributed by atoms with E-state index in [-0.39, 0.29) is 5.82 Å². The molecule has 1 saturated heterocycles. The Hall–Kier alpha value is -2.05. The van der Waals surface area contributed by atoms with Crippen LogP contribution in [0.25, 0.3) is 0 Å². The second-order valence-corrected chi connectivity index (χ2v) is 7.08. The molecule has 3 rings (SSSR count). The summed E-state index contributed by atoms with van der Waals surface area (Å²) in [4.78, 5) is 13.4. The van der Waals surface area contributed by atoms with Crippen molar-refractivity contribution in [2.24, 2.45) is 0 Å². The second-order valence-electron chi connectivity index (χ2n) is 7.08. The fourth-order valence-electron chi connectivity index (χ4n) is 3.63. The molecule has 1 atom stereocenters. The van der Waals surface area contributed by atoms with Crippen molar-refractivity contribution in [1.29, 1.82) is 0 Å². The quantitative estimate of drug-likeness (QED) is 0.861. The van der Waals surface area contributed by atoms with Gasteiger partial charge in [0.2, 0.25) is 0 Å². The number of nitrogens with zero attached hydrogens (tertiary/aromatic N) is 4. The van der Waals surface area contributed by atoms with Gasteiger partial charge in [-0.1, -0.05) is 18.2 Å². The summed E-state index contributed by atoms with van der Waals surface area (Å²) in [6.45, 7) is 3.75. The molecule has 1 aromatic heterocycles. The number of halogens is 1. The lowest BCUT2D eigenvalue weighted by atomic mass is 10.1. The van der Waals surface area contributed by atoms with Gasteiger partial charge in [0, 0.05) is 18.8 Å². The molecular weight excluding hydrogens is 329 g/mol. The van der Waals surface area contributed by atoms with E-state index in [1.54, 1.807) is 24.4 Å². The van der Waals surface area contributed by atoms with Crippen molar-refractivity contribution >= 4 is 5.82 Å². The van der Waals surface area contributed by atoms with Crippen molar-refractivity contribution in [1.82, 2.24) is 19.8 Å². The molecule has 0 saturated carbocycles. The topological polar surface area (TPSA) is 58.3 Å². The number of aromatic nitrogens is 2. The molecule has 6 heteroatoms. The molecule has 2 N–H and O–H groups in total. The summed E-state index contributed by atoms with van der Waals surface area (Å²) in [5, 5.41) is 0. The van der Waals surface area contributed by atoms with E-state index in [1.165, 1.54) is 0 Å². The van der Waals surface area contributed by atoms with Crippen molar-refractivity contribution in [2.45, 2.75) is 38.3 Å². The first-order valence-corrected chi connectivity index (χ1v) is 9.35. The number of likely N-dealkylation sites (tertiary alicyclic amines) is 1. The van der Waals surface area contributed by atoms with Gasteiger partial charge in [-0.15, -0.1) is 0 Å². The Bertz CT molecular complexity index is 708. The van der Waals surface area contributed by atoms with Crippen LogP contribution in [0.5, 0.6) is 0 Å². The molecule has 1 aliphatic heterocycles. The number of hydrogen-bond donors (Lipinski definition) is 1. The SMILES string of the molecule is CN(Cc1nccc(N)n1)[C@H]1CCCN(CCc2ccccc2F)CC1. The Morgan fingerprint density at radius 3 is 2.88 bits per heavy atom. The van der Waals surface area contributed by atoms with Crippen LogP contribution in [-0.2, 0) is 13.0 Å². The number of benzene rings is 1. The van der Waals surface area contributed by atoms with E-state index in [0.717, 1.165) is 56.7 Å². The van der Waals surface area contributed by atoms with Crippen molar-refractivity contribution in [3.63, 3.8) is 0 Å². The highest BCUT2D eigenvalue weighted by Crippen LogP contribution is 2.18. The van der Waals surface area contributed by atoms with Crippen molar-refractivity contribution in [2.75, 3.05) is 32.4 Å². The van der Waals surface area contributed by atoms with Crippen molar-refractivity contribution in [3.05, 3.63) is 53.7 Å². The normalized spacial score (nSPS) is 18.8. The smallest absolute Gasteiger partial charge is 0.144 e. The Morgan fingerprint density at radius 1 is 1.23 bits per heavy atom. The number of nitrogens with two attached hydrogens (primary N) is 1. The lowest BCUT2D eigenvalue weighted by Gasteiger charge is -2.26. The van der Waals surface area contributed by atoms with Gasteiger partial charge in [0.05, 0.1) is 6.54 Å². The summed E-state index contributed by atoms with van der Waals surface area (Å²) in [6, 6.07) is 9.30. The lowest BCUT2D eigenvalue weighted by Crippen LogP contribution is -2.33. The van der Waals surface area contributed by atoms with Crippen LogP contribution in [-0.4, -0.2) is 52.5 Å². The highest BCUT2D eigenvalue weighted by Gasteiger charge is 2.21. The van der Waals surface area contributed by atoms with E-state index in [0.29, 0.717) is 18.4 Å². The predicted octanol–water partition coefficient (Wildman–Crippen LogP) is 2.73. The van der Waals surface area contributed by atoms with E-state index in [4.69, 9.17) is 5.73 Å². The average Bonchev–Trinajstić information content (AvgIpc) is 2.87. The van der Waals surface area contributed by atoms with E-state index >= 15 is 0 Å². The van der Waals surface area contributed by atoms with E-state index < -0.39 is 0 Å². The van der Waals surface area contributed by atoms with Crippen LogP contribution in [0.4, 0.5) is 10.2 Å². The third-order valence-electron chi connectivity index (χ3n) is 5.19. The lowest BCUT2D eigenvalue weighted by molar-refractivity contribution is 0.203. The molecule has 5 nitrogen and oxygen atoms in total. The summed E-state index contributed by atoms with van der Waals surface area (Å²) < 4.78 is 13.8. The van der Waals surface area contributed by atoms with Crippen molar-refractivity contribution in [3.8, 4) is 0 Å². The molecule has 2 heterocycles. The van der Waals surface area contributed by atoms with Gasteiger partial charge < -0.3 is 10.6 Å². The minimum absolute atomic E-state index is 0.0953. The molecule has 0 unspecified atom stereocenters. The Labute approximate surface area is 155 Å². The largest absolute Gasteiger partial charge is 0.384 e. The number of nitrogen functional groups attached to an aromatic ring is 1. The Balaban J connectivity index is 1.49. The second kappa shape index (κ2) is 9.05. The molecule has 140 valence electrons. The molecule has 0 spiro atoms. The van der Waals surface area contributed by atoms with Gasteiger partial charge in [-0.25, -0.2) is 14.4 Å². The summed E-state index contributed by atoms with van der Waals surface area (Å²) in [5.41, 5.74) is 6.55. The van der Waals surface area contributed by atoms with Gasteiger partial charge in [-0.3, -0.25) is 4.90 Å². The maximum atomic E-state index is 13.8. The van der Waals surface area contributed by atoms with Gasteiger partial charge in [-0.2, -0.15) is 0 Å². The average molecular weight is 357 g/mol. The van der Waals surface area contributed by atoms with Crippen LogP contribution in [0.3, 0.4) is 0 Å². The van der Waals surface area contributed by atoms with Gasteiger partial charge in [0.1, 0.15) is 17.5 Å². The molecule has 1 aliphatic rings. The molecule has 2 aromatic rings. The first-order valence-electron chi connectivity index (χ1n) is 9.35. The van der Waals surface area contributed by atoms with Crippen LogP contribution < -0.4 is 5.73 Å². The first-order chi connectivity index (χ1) is 12.6. The fourth-order valence-corrected chi connectivity index (χ4v) is 3.63. The summed E-state index contributed by atoms with van der Waals surface area (Å²) >= 11 is 0. The van der Waals surface area contributed by atoms with Gasteiger partial charge in [-0.05, 0) is 63.5 Å². The van der Waals surface area contributed by atoms with Gasteiger partial charge in [0.15, 0.2) is 0 Å². The van der Waals surface area contributed by atoms with Crippen molar-refractivity contribution < 1.29 is 4.39 Å². The van der Waals surface area contributed by atoms with E-state index in [9.17, 15) is 4.39 Å². The standard InChI is InChI=1S/C20H28FN5/c1-25(15-20-23-11-8-19(22)24-20)17-6-4-12-26(14-10-17)13-9-16-5-2-3-7-18(16)21/h2-3,5,7-8,11,17H,4,6,9-10,12-15H2,1H3,(H2,22,23,24)/t17-/m0/s1. The monoisotopic (exact) mass is 357 g/mol. The minimum Gasteiger partial charge on any atom is -0.384 e. The molecule has 0 amide bonds. The highest BCUT2D eigenvalue weighted by atomic mass is 19.1. The molecule has 0 radical (unpaired) electrons. The van der Waals surface area contributed by atoms with E-state index in [2.05, 4.69) is 26.8 Å². The molecule has 1 fully saturated rings. The summed E-state index contributed by atoms with van der Waals surface area (Å²) in [7, 11) is 2.13. The zero-order chi connectivity index (χ0) is 18.4. The first kappa shape index (κ1) is 18.7. The maximum Gasteiger partial charge on any atom is 0.144 e. The molecular formula is C20H28FN5. The third-order valence-corrected chi connectivity index (χ3v) is 5.19. The minimum atomic E-state index is -0.0953. The molecule has 0 bridgehead atoms. The molecule has 0 aliphatic carbocycles. The van der Waals surface area contributed by atoms with Crippen LogP contribution in [0.2, 0.25) is 0 Å². The summed E-state index contributed by atoms with van der Waals surface area (Å²) in [5.74, 6) is 1.19. The third kappa shape index (κ3) is 5.22. The zero-order valence-electron chi connectivity index (χ0n) is 15.4. The van der Waals surface area contributed by atoms with E-state index in [1.807, 2.05) is 12.1 Å². The predicted molar refractivity (Wildman–Crippen MR) is 102 cm³/mol. The van der Waals surface area contributed by atoms with Crippen LogP contribution in [0.15, 0.2) is 36.5 Å². The fraction of sp³-hybridized carbons (Fsp3) is 0.500. The van der Waals surface area contributed by atoms with Crippen LogP contribution >= 0.6 is 0 Å². The van der Waals surface area contributed by atoms with Crippen LogP contribution in [0.1, 0.15) is 30.7 Å². The Kier molecular flexibility index (Phi) is 6.52. The zero-order valence-corrected chi connectivity index (χ0v) is 15.4. The van der Waals surface area contributed by atoms with Crippen LogP contribution in [0, 0.1) is 5.82 Å². The summed E-state index contributed by atoms with van der Waals surface area (Å²) in [6.07, 6.45) is 5.91. The number of anilines is 1.